The number of nitrogens with zero attached hydrogens (tertiary/aromatic N) is 2. The van der Waals surface area contributed by atoms with Crippen molar-refractivity contribution in [1.82, 2.24) is 5.32 Å². The van der Waals surface area contributed by atoms with Crippen LogP contribution in [0.3, 0.4) is 0 Å². The van der Waals surface area contributed by atoms with E-state index in [-0.39, 0.29) is 13.0 Å². The molecule has 1 atom stereocenters. The van der Waals surface area contributed by atoms with Crippen LogP contribution in [0.5, 0.6) is 0 Å². The van der Waals surface area contributed by atoms with Gasteiger partial charge in [-0.1, -0.05) is 29.8 Å². The topological polar surface area (TPSA) is 85.9 Å². The molecule has 24 heavy (non-hydrogen) atoms. The van der Waals surface area contributed by atoms with Crippen molar-refractivity contribution in [1.29, 1.82) is 10.5 Å². The highest BCUT2D eigenvalue weighted by molar-refractivity contribution is 6.31. The summed E-state index contributed by atoms with van der Waals surface area (Å²) in [6.45, 7) is 3.54. The number of dihydropyridines is 1. The third-order valence-corrected chi connectivity index (χ3v) is 4.11. The summed E-state index contributed by atoms with van der Waals surface area (Å²) in [6.07, 6.45) is 0.113. The third-order valence-electron chi connectivity index (χ3n) is 3.76. The van der Waals surface area contributed by atoms with Crippen LogP contribution in [0.1, 0.15) is 31.7 Å². The average molecular weight is 342 g/mol. The summed E-state index contributed by atoms with van der Waals surface area (Å²) in [5.74, 6) is -1.15. The van der Waals surface area contributed by atoms with Gasteiger partial charge < -0.3 is 10.1 Å². The van der Waals surface area contributed by atoms with E-state index in [4.69, 9.17) is 21.6 Å². The minimum absolute atomic E-state index is 0.00589. The number of esters is 1. The molecule has 0 saturated carbocycles. The van der Waals surface area contributed by atoms with Crippen molar-refractivity contribution >= 4 is 17.6 Å². The highest BCUT2D eigenvalue weighted by Gasteiger charge is 2.35. The summed E-state index contributed by atoms with van der Waals surface area (Å²) >= 11 is 6.30. The zero-order chi connectivity index (χ0) is 17.7. The summed E-state index contributed by atoms with van der Waals surface area (Å²) in [6, 6.07) is 11.2. The van der Waals surface area contributed by atoms with E-state index in [2.05, 4.69) is 11.4 Å². The Bertz CT molecular complexity index is 812. The molecule has 1 heterocycles. The Morgan fingerprint density at radius 2 is 2.00 bits per heavy atom. The number of carbonyl (C=O) groups excluding carboxylic acids is 1. The number of ether oxygens (including phenoxy) is 1. The Morgan fingerprint density at radius 3 is 2.62 bits per heavy atom. The van der Waals surface area contributed by atoms with Crippen LogP contribution in [0, 0.1) is 22.7 Å². The summed E-state index contributed by atoms with van der Waals surface area (Å²) in [5.41, 5.74) is 2.71. The number of halogens is 1. The van der Waals surface area contributed by atoms with Gasteiger partial charge in [0.1, 0.15) is 6.61 Å². The zero-order valence-electron chi connectivity index (χ0n) is 13.4. The van der Waals surface area contributed by atoms with Gasteiger partial charge in [-0.05, 0) is 25.5 Å². The standard InChI is InChI=1S/C18H16ClN3O2/c1-11-14(10-21)17(13-6-3-4-7-15(13)19)16(12(2)22-11)18(23)24-9-5-8-20/h3-4,6-7,17,22H,5,9H2,1-2H3. The normalized spacial score (nSPS) is 17.0. The smallest absolute Gasteiger partial charge is 0.336 e. The molecule has 1 aromatic carbocycles. The summed E-state index contributed by atoms with van der Waals surface area (Å²) < 4.78 is 5.18. The van der Waals surface area contributed by atoms with Crippen molar-refractivity contribution in [2.45, 2.75) is 26.2 Å². The molecular weight excluding hydrogens is 326 g/mol. The monoisotopic (exact) mass is 341 g/mol. The number of allylic oxidation sites excluding steroid dienone is 3. The molecule has 1 unspecified atom stereocenters. The van der Waals surface area contributed by atoms with Crippen LogP contribution in [0.2, 0.25) is 5.02 Å². The van der Waals surface area contributed by atoms with Gasteiger partial charge in [0.05, 0.1) is 35.6 Å². The van der Waals surface area contributed by atoms with E-state index >= 15 is 0 Å². The van der Waals surface area contributed by atoms with Crippen molar-refractivity contribution in [3.63, 3.8) is 0 Å². The first-order chi connectivity index (χ1) is 11.5. The molecule has 2 rings (SSSR count). The quantitative estimate of drug-likeness (QED) is 0.668. The number of nitrogens with one attached hydrogen (secondary N) is 1. The molecule has 5 nitrogen and oxygen atoms in total. The zero-order valence-corrected chi connectivity index (χ0v) is 14.1. The Labute approximate surface area is 145 Å². The molecule has 0 amide bonds. The first kappa shape index (κ1) is 17.6. The number of benzene rings is 1. The van der Waals surface area contributed by atoms with Crippen molar-refractivity contribution in [3.05, 3.63) is 57.4 Å². The second-order valence-electron chi connectivity index (χ2n) is 5.31. The largest absolute Gasteiger partial charge is 0.461 e. The van der Waals surface area contributed by atoms with Gasteiger partial charge in [-0.2, -0.15) is 10.5 Å². The lowest BCUT2D eigenvalue weighted by Crippen LogP contribution is -2.29. The summed E-state index contributed by atoms with van der Waals surface area (Å²) in [7, 11) is 0. The van der Waals surface area contributed by atoms with Crippen LogP contribution in [-0.2, 0) is 9.53 Å². The van der Waals surface area contributed by atoms with Crippen molar-refractivity contribution in [2.75, 3.05) is 6.61 Å². The second-order valence-corrected chi connectivity index (χ2v) is 5.72. The minimum atomic E-state index is -0.598. The van der Waals surface area contributed by atoms with E-state index in [1.165, 1.54) is 0 Å². The fourth-order valence-electron chi connectivity index (χ4n) is 2.70. The van der Waals surface area contributed by atoms with Gasteiger partial charge in [0, 0.05) is 16.4 Å². The molecule has 0 fully saturated rings. The number of carbonyl (C=O) groups is 1. The molecule has 122 valence electrons. The van der Waals surface area contributed by atoms with Gasteiger partial charge in [0.15, 0.2) is 0 Å². The molecule has 1 aliphatic heterocycles. The number of rotatable bonds is 4. The van der Waals surface area contributed by atoms with E-state index < -0.39 is 11.9 Å². The van der Waals surface area contributed by atoms with Crippen LogP contribution in [-0.4, -0.2) is 12.6 Å². The van der Waals surface area contributed by atoms with Crippen LogP contribution in [0.15, 0.2) is 46.8 Å². The van der Waals surface area contributed by atoms with E-state index in [1.54, 1.807) is 32.0 Å². The van der Waals surface area contributed by atoms with E-state index in [0.29, 0.717) is 33.1 Å². The van der Waals surface area contributed by atoms with E-state index in [0.717, 1.165) is 0 Å². The molecule has 0 spiro atoms. The summed E-state index contributed by atoms with van der Waals surface area (Å²) in [4.78, 5) is 12.5. The minimum Gasteiger partial charge on any atom is -0.461 e. The van der Waals surface area contributed by atoms with Crippen LogP contribution in [0.4, 0.5) is 0 Å². The van der Waals surface area contributed by atoms with Crippen molar-refractivity contribution in [3.8, 4) is 12.1 Å². The third kappa shape index (κ3) is 3.42. The van der Waals surface area contributed by atoms with Gasteiger partial charge in [0.2, 0.25) is 0 Å². The number of hydrogen-bond donors (Lipinski definition) is 1. The van der Waals surface area contributed by atoms with Gasteiger partial charge in [-0.3, -0.25) is 0 Å². The van der Waals surface area contributed by atoms with Crippen molar-refractivity contribution < 1.29 is 9.53 Å². The van der Waals surface area contributed by atoms with Gasteiger partial charge >= 0.3 is 5.97 Å². The average Bonchev–Trinajstić information content (AvgIpc) is 2.55. The SMILES string of the molecule is CC1=C(C#N)C(c2ccccc2Cl)C(C(=O)OCCC#N)=C(C)N1. The lowest BCUT2D eigenvalue weighted by molar-refractivity contribution is -0.139. The highest BCUT2D eigenvalue weighted by atomic mass is 35.5. The predicted octanol–water partition coefficient (Wildman–Crippen LogP) is 3.56. The molecule has 0 aromatic heterocycles. The molecule has 0 bridgehead atoms. The number of nitriles is 2. The molecular formula is C18H16ClN3O2. The Hall–Kier alpha value is -2.76. The van der Waals surface area contributed by atoms with Crippen LogP contribution in [0.25, 0.3) is 0 Å². The van der Waals surface area contributed by atoms with Gasteiger partial charge in [-0.15, -0.1) is 0 Å². The molecule has 0 radical (unpaired) electrons. The first-order valence-electron chi connectivity index (χ1n) is 7.38. The molecule has 1 aromatic rings. The Morgan fingerprint density at radius 1 is 1.29 bits per heavy atom. The van der Waals surface area contributed by atoms with E-state index in [9.17, 15) is 10.1 Å². The van der Waals surface area contributed by atoms with Crippen LogP contribution < -0.4 is 5.32 Å². The van der Waals surface area contributed by atoms with Gasteiger partial charge in [-0.25, -0.2) is 4.79 Å². The lowest BCUT2D eigenvalue weighted by Gasteiger charge is -2.29. The molecule has 1 N–H and O–H groups in total. The number of hydrogen-bond acceptors (Lipinski definition) is 5. The molecule has 0 aliphatic carbocycles. The molecule has 1 aliphatic rings. The van der Waals surface area contributed by atoms with Crippen molar-refractivity contribution in [2.24, 2.45) is 0 Å². The first-order valence-corrected chi connectivity index (χ1v) is 7.76. The Balaban J connectivity index is 2.52. The molecule has 6 heteroatoms. The maximum Gasteiger partial charge on any atom is 0.336 e. The second kappa shape index (κ2) is 7.68. The van der Waals surface area contributed by atoms with E-state index in [1.807, 2.05) is 12.1 Å². The fourth-order valence-corrected chi connectivity index (χ4v) is 2.94. The van der Waals surface area contributed by atoms with Gasteiger partial charge in [0.25, 0.3) is 0 Å². The maximum absolute atomic E-state index is 12.5. The molecule has 0 saturated heterocycles. The fraction of sp³-hybridized carbons (Fsp3) is 0.278. The Kier molecular flexibility index (Phi) is 5.63. The summed E-state index contributed by atoms with van der Waals surface area (Å²) in [5, 5.41) is 21.7. The lowest BCUT2D eigenvalue weighted by atomic mass is 9.81. The maximum atomic E-state index is 12.5. The predicted molar refractivity (Wildman–Crippen MR) is 89.5 cm³/mol. The van der Waals surface area contributed by atoms with Crippen LogP contribution >= 0.6 is 11.6 Å². The highest BCUT2D eigenvalue weighted by Crippen LogP contribution is 2.40.